The molecule has 1 N–H and O–H groups in total. The molecule has 144 valence electrons. The summed E-state index contributed by atoms with van der Waals surface area (Å²) < 4.78 is 7.09. The Morgan fingerprint density at radius 3 is 2.77 bits per heavy atom. The SMILES string of the molecule is CCNC(=O)[C@H](C)Sc1nc2sc(C)c(C)c2c(=O)n1CCCOCC. The van der Waals surface area contributed by atoms with Crippen molar-refractivity contribution in [3.8, 4) is 0 Å². The Balaban J connectivity index is 2.41. The van der Waals surface area contributed by atoms with Crippen LogP contribution < -0.4 is 10.9 Å². The third-order valence-electron chi connectivity index (χ3n) is 4.13. The number of ether oxygens (including phenoxy) is 1. The van der Waals surface area contributed by atoms with Gasteiger partial charge in [0.2, 0.25) is 5.91 Å². The predicted molar refractivity (Wildman–Crippen MR) is 108 cm³/mol. The smallest absolute Gasteiger partial charge is 0.263 e. The van der Waals surface area contributed by atoms with Crippen molar-refractivity contribution < 1.29 is 9.53 Å². The Morgan fingerprint density at radius 2 is 2.12 bits per heavy atom. The van der Waals surface area contributed by atoms with Gasteiger partial charge in [-0.15, -0.1) is 11.3 Å². The van der Waals surface area contributed by atoms with Gasteiger partial charge >= 0.3 is 0 Å². The minimum atomic E-state index is -0.320. The molecule has 0 saturated heterocycles. The van der Waals surface area contributed by atoms with Crippen LogP contribution in [0.4, 0.5) is 0 Å². The van der Waals surface area contributed by atoms with E-state index >= 15 is 0 Å². The molecule has 0 aliphatic rings. The van der Waals surface area contributed by atoms with Crippen molar-refractivity contribution in [2.45, 2.75) is 58.0 Å². The van der Waals surface area contributed by atoms with E-state index in [1.807, 2.05) is 34.6 Å². The van der Waals surface area contributed by atoms with E-state index in [9.17, 15) is 9.59 Å². The first-order chi connectivity index (χ1) is 12.4. The maximum atomic E-state index is 13.1. The van der Waals surface area contributed by atoms with Crippen LogP contribution in [0.15, 0.2) is 9.95 Å². The third kappa shape index (κ3) is 4.66. The van der Waals surface area contributed by atoms with E-state index in [1.54, 1.807) is 4.57 Å². The second-order valence-corrected chi connectivity index (χ2v) is 8.53. The Morgan fingerprint density at radius 1 is 1.38 bits per heavy atom. The topological polar surface area (TPSA) is 73.2 Å². The molecule has 2 aromatic rings. The maximum Gasteiger partial charge on any atom is 0.263 e. The second kappa shape index (κ2) is 9.53. The molecule has 0 unspecified atom stereocenters. The van der Waals surface area contributed by atoms with E-state index in [4.69, 9.17) is 9.72 Å². The van der Waals surface area contributed by atoms with Crippen molar-refractivity contribution in [1.82, 2.24) is 14.9 Å². The molecule has 1 amide bonds. The molecule has 0 saturated carbocycles. The Labute approximate surface area is 162 Å². The number of aryl methyl sites for hydroxylation is 2. The van der Waals surface area contributed by atoms with Gasteiger partial charge < -0.3 is 10.1 Å². The number of carbonyl (C=O) groups excluding carboxylic acids is 1. The first kappa shape index (κ1) is 20.9. The van der Waals surface area contributed by atoms with E-state index in [-0.39, 0.29) is 16.7 Å². The standard InChI is InChI=1S/C18H27N3O3S2/c1-6-19-15(22)13(5)26-18-20-16-14(11(3)12(4)25-16)17(23)21(18)9-8-10-24-7-2/h13H,6-10H2,1-5H3,(H,19,22)/t13-/m0/s1. The highest BCUT2D eigenvalue weighted by atomic mass is 32.2. The van der Waals surface area contributed by atoms with Gasteiger partial charge in [0.25, 0.3) is 5.56 Å². The number of carbonyl (C=O) groups is 1. The van der Waals surface area contributed by atoms with Crippen LogP contribution in [0.2, 0.25) is 0 Å². The number of hydrogen-bond donors (Lipinski definition) is 1. The lowest BCUT2D eigenvalue weighted by Crippen LogP contribution is -2.32. The van der Waals surface area contributed by atoms with Crippen molar-refractivity contribution in [3.05, 3.63) is 20.8 Å². The van der Waals surface area contributed by atoms with Crippen LogP contribution in [0, 0.1) is 13.8 Å². The van der Waals surface area contributed by atoms with Gasteiger partial charge in [0, 0.05) is 31.2 Å². The minimum absolute atomic E-state index is 0.0288. The van der Waals surface area contributed by atoms with Gasteiger partial charge in [-0.25, -0.2) is 4.98 Å². The molecule has 1 atom stereocenters. The number of thiophene rings is 1. The first-order valence-corrected chi connectivity index (χ1v) is 10.6. The molecule has 0 aliphatic heterocycles. The number of hydrogen-bond acceptors (Lipinski definition) is 6. The zero-order valence-corrected chi connectivity index (χ0v) is 17.7. The number of nitrogens with zero attached hydrogens (tertiary/aromatic N) is 2. The third-order valence-corrected chi connectivity index (χ3v) is 6.32. The average molecular weight is 398 g/mol. The summed E-state index contributed by atoms with van der Waals surface area (Å²) in [6.45, 7) is 12.0. The van der Waals surface area contributed by atoms with Crippen LogP contribution in [0.25, 0.3) is 10.2 Å². The van der Waals surface area contributed by atoms with Crippen LogP contribution in [0.5, 0.6) is 0 Å². The van der Waals surface area contributed by atoms with Crippen LogP contribution in [0.1, 0.15) is 37.6 Å². The van der Waals surface area contributed by atoms with Crippen molar-refractivity contribution in [3.63, 3.8) is 0 Å². The van der Waals surface area contributed by atoms with Crippen LogP contribution >= 0.6 is 23.1 Å². The molecule has 8 heteroatoms. The molecular formula is C18H27N3O3S2. The Kier molecular flexibility index (Phi) is 7.67. The van der Waals surface area contributed by atoms with Crippen LogP contribution in [-0.2, 0) is 16.1 Å². The molecular weight excluding hydrogens is 370 g/mol. The number of fused-ring (bicyclic) bond motifs is 1. The predicted octanol–water partition coefficient (Wildman–Crippen LogP) is 3.12. The molecule has 2 aromatic heterocycles. The summed E-state index contributed by atoms with van der Waals surface area (Å²) in [6, 6.07) is 0. The molecule has 0 aliphatic carbocycles. The number of aromatic nitrogens is 2. The van der Waals surface area contributed by atoms with Gasteiger partial charge in [0.05, 0.1) is 10.6 Å². The molecule has 0 aromatic carbocycles. The number of nitrogens with one attached hydrogen (secondary N) is 1. The van der Waals surface area contributed by atoms with Gasteiger partial charge in [0.1, 0.15) is 4.83 Å². The minimum Gasteiger partial charge on any atom is -0.382 e. The molecule has 0 spiro atoms. The fourth-order valence-corrected chi connectivity index (χ4v) is 4.62. The number of rotatable bonds is 9. The molecule has 6 nitrogen and oxygen atoms in total. The van der Waals surface area contributed by atoms with E-state index in [1.165, 1.54) is 23.1 Å². The van der Waals surface area contributed by atoms with Gasteiger partial charge in [-0.2, -0.15) is 0 Å². The summed E-state index contributed by atoms with van der Waals surface area (Å²) in [7, 11) is 0. The van der Waals surface area contributed by atoms with Crippen molar-refractivity contribution >= 4 is 39.2 Å². The van der Waals surface area contributed by atoms with Gasteiger partial charge in [-0.3, -0.25) is 14.2 Å². The monoisotopic (exact) mass is 397 g/mol. The summed E-state index contributed by atoms with van der Waals surface area (Å²) in [4.78, 5) is 31.8. The van der Waals surface area contributed by atoms with E-state index in [0.717, 1.165) is 21.7 Å². The van der Waals surface area contributed by atoms with E-state index < -0.39 is 0 Å². The summed E-state index contributed by atoms with van der Waals surface area (Å²) in [5, 5.41) is 3.79. The fourth-order valence-electron chi connectivity index (χ4n) is 2.59. The quantitative estimate of drug-likeness (QED) is 0.400. The Hall–Kier alpha value is -1.38. The molecule has 2 rings (SSSR count). The normalized spacial score (nSPS) is 12.5. The van der Waals surface area contributed by atoms with Crippen molar-refractivity contribution in [2.24, 2.45) is 0 Å². The first-order valence-electron chi connectivity index (χ1n) is 8.93. The number of amides is 1. The van der Waals surface area contributed by atoms with Gasteiger partial charge in [0.15, 0.2) is 5.16 Å². The highest BCUT2D eigenvalue weighted by Gasteiger charge is 2.21. The lowest BCUT2D eigenvalue weighted by Gasteiger charge is -2.15. The molecule has 0 bridgehead atoms. The van der Waals surface area contributed by atoms with Crippen molar-refractivity contribution in [1.29, 1.82) is 0 Å². The zero-order chi connectivity index (χ0) is 19.3. The molecule has 0 radical (unpaired) electrons. The second-order valence-electron chi connectivity index (χ2n) is 6.02. The van der Waals surface area contributed by atoms with Crippen molar-refractivity contribution in [2.75, 3.05) is 19.8 Å². The van der Waals surface area contributed by atoms with Crippen LogP contribution in [0.3, 0.4) is 0 Å². The maximum absolute atomic E-state index is 13.1. The fraction of sp³-hybridized carbons (Fsp3) is 0.611. The molecule has 2 heterocycles. The van der Waals surface area contributed by atoms with E-state index in [2.05, 4.69) is 5.32 Å². The molecule has 0 fully saturated rings. The average Bonchev–Trinajstić information content (AvgIpc) is 2.88. The zero-order valence-electron chi connectivity index (χ0n) is 16.0. The van der Waals surface area contributed by atoms with Crippen LogP contribution in [-0.4, -0.2) is 40.5 Å². The van der Waals surface area contributed by atoms with E-state index in [0.29, 0.717) is 36.8 Å². The highest BCUT2D eigenvalue weighted by molar-refractivity contribution is 8.00. The van der Waals surface area contributed by atoms with Gasteiger partial charge in [-0.05, 0) is 46.6 Å². The summed E-state index contributed by atoms with van der Waals surface area (Å²) in [5.41, 5.74) is 0.966. The lowest BCUT2D eigenvalue weighted by atomic mass is 10.2. The summed E-state index contributed by atoms with van der Waals surface area (Å²) in [5.74, 6) is -0.0498. The number of thioether (sulfide) groups is 1. The Bertz CT molecular complexity index is 829. The molecule has 26 heavy (non-hydrogen) atoms. The summed E-state index contributed by atoms with van der Waals surface area (Å²) in [6.07, 6.45) is 0.728. The lowest BCUT2D eigenvalue weighted by molar-refractivity contribution is -0.120. The highest BCUT2D eigenvalue weighted by Crippen LogP contribution is 2.29. The summed E-state index contributed by atoms with van der Waals surface area (Å²) >= 11 is 2.86. The van der Waals surface area contributed by atoms with Gasteiger partial charge in [-0.1, -0.05) is 11.8 Å². The largest absolute Gasteiger partial charge is 0.382 e.